The van der Waals surface area contributed by atoms with Gasteiger partial charge in [-0.2, -0.15) is 13.2 Å². The van der Waals surface area contributed by atoms with Gasteiger partial charge in [-0.25, -0.2) is 0 Å². The maximum absolute atomic E-state index is 11.9. The van der Waals surface area contributed by atoms with Gasteiger partial charge in [-0.3, -0.25) is 9.59 Å². The standard InChI is InChI=1S/C13H16F3N3O2/c1-17-12(21)10-4-2-9(3-5-10)6-19-11(20)7-18-8-13(14,15)16/h2-5,18H,6-8H2,1H3,(H,17,21)(H,19,20). The Hall–Kier alpha value is -2.09. The van der Waals surface area contributed by atoms with E-state index in [1.165, 1.54) is 7.05 Å². The highest BCUT2D eigenvalue weighted by Crippen LogP contribution is 2.11. The zero-order chi connectivity index (χ0) is 15.9. The number of alkyl halides is 3. The van der Waals surface area contributed by atoms with Gasteiger partial charge >= 0.3 is 6.18 Å². The van der Waals surface area contributed by atoms with Crippen LogP contribution in [-0.4, -0.2) is 38.1 Å². The Kier molecular flexibility index (Phi) is 6.16. The van der Waals surface area contributed by atoms with Crippen LogP contribution in [-0.2, 0) is 11.3 Å². The van der Waals surface area contributed by atoms with Crippen LogP contribution in [0.4, 0.5) is 13.2 Å². The Labute approximate surface area is 119 Å². The topological polar surface area (TPSA) is 70.2 Å². The summed E-state index contributed by atoms with van der Waals surface area (Å²) in [4.78, 5) is 22.6. The maximum Gasteiger partial charge on any atom is 0.401 e. The van der Waals surface area contributed by atoms with Gasteiger partial charge < -0.3 is 16.0 Å². The first kappa shape index (κ1) is 17.0. The minimum Gasteiger partial charge on any atom is -0.355 e. The maximum atomic E-state index is 11.9. The van der Waals surface area contributed by atoms with Gasteiger partial charge in [0, 0.05) is 19.2 Å². The Morgan fingerprint density at radius 3 is 2.29 bits per heavy atom. The zero-order valence-electron chi connectivity index (χ0n) is 11.4. The molecule has 3 N–H and O–H groups in total. The van der Waals surface area contributed by atoms with E-state index >= 15 is 0 Å². The van der Waals surface area contributed by atoms with Crippen molar-refractivity contribution in [3.63, 3.8) is 0 Å². The van der Waals surface area contributed by atoms with Gasteiger partial charge in [0.2, 0.25) is 5.91 Å². The third-order valence-electron chi connectivity index (χ3n) is 2.54. The number of carbonyl (C=O) groups excluding carboxylic acids is 2. The van der Waals surface area contributed by atoms with Crippen LogP contribution < -0.4 is 16.0 Å². The fourth-order valence-corrected chi connectivity index (χ4v) is 1.50. The summed E-state index contributed by atoms with van der Waals surface area (Å²) in [7, 11) is 1.52. The van der Waals surface area contributed by atoms with Crippen molar-refractivity contribution in [2.24, 2.45) is 0 Å². The van der Waals surface area contributed by atoms with Crippen LogP contribution in [0.3, 0.4) is 0 Å². The van der Waals surface area contributed by atoms with E-state index in [9.17, 15) is 22.8 Å². The minimum atomic E-state index is -4.34. The molecule has 8 heteroatoms. The molecular weight excluding hydrogens is 287 g/mol. The number of nitrogens with one attached hydrogen (secondary N) is 3. The van der Waals surface area contributed by atoms with Crippen molar-refractivity contribution in [3.05, 3.63) is 35.4 Å². The van der Waals surface area contributed by atoms with Gasteiger partial charge in [0.15, 0.2) is 0 Å². The molecule has 1 aromatic carbocycles. The lowest BCUT2D eigenvalue weighted by Crippen LogP contribution is -2.38. The molecule has 0 bridgehead atoms. The highest BCUT2D eigenvalue weighted by Gasteiger charge is 2.26. The second-order valence-electron chi connectivity index (χ2n) is 4.27. The van der Waals surface area contributed by atoms with Crippen LogP contribution in [0.2, 0.25) is 0 Å². The smallest absolute Gasteiger partial charge is 0.355 e. The summed E-state index contributed by atoms with van der Waals surface area (Å²) in [6.45, 7) is -1.43. The zero-order valence-corrected chi connectivity index (χ0v) is 11.4. The average molecular weight is 303 g/mol. The van der Waals surface area contributed by atoms with Crippen LogP contribution in [0.5, 0.6) is 0 Å². The minimum absolute atomic E-state index is 0.181. The number of hydrogen-bond acceptors (Lipinski definition) is 3. The molecule has 0 spiro atoms. The van der Waals surface area contributed by atoms with E-state index < -0.39 is 25.2 Å². The summed E-state index contributed by atoms with van der Waals surface area (Å²) < 4.78 is 35.6. The van der Waals surface area contributed by atoms with Crippen LogP contribution in [0.25, 0.3) is 0 Å². The lowest BCUT2D eigenvalue weighted by molar-refractivity contribution is -0.128. The highest BCUT2D eigenvalue weighted by atomic mass is 19.4. The summed E-state index contributed by atoms with van der Waals surface area (Å²) in [5.41, 5.74) is 1.23. The fraction of sp³-hybridized carbons (Fsp3) is 0.385. The number of carbonyl (C=O) groups is 2. The van der Waals surface area contributed by atoms with Gasteiger partial charge in [-0.1, -0.05) is 12.1 Å². The van der Waals surface area contributed by atoms with Gasteiger partial charge in [0.25, 0.3) is 5.91 Å². The third kappa shape index (κ3) is 6.75. The summed E-state index contributed by atoms with van der Waals surface area (Å²) in [5.74, 6) is -0.753. The molecule has 5 nitrogen and oxygen atoms in total. The molecule has 0 aromatic heterocycles. The SMILES string of the molecule is CNC(=O)c1ccc(CNC(=O)CNCC(F)(F)F)cc1. The first-order valence-electron chi connectivity index (χ1n) is 6.17. The largest absolute Gasteiger partial charge is 0.401 e. The van der Waals surface area contributed by atoms with Gasteiger partial charge in [0.05, 0.1) is 13.1 Å². The van der Waals surface area contributed by atoms with Crippen molar-refractivity contribution < 1.29 is 22.8 Å². The molecule has 1 rings (SSSR count). The summed E-state index contributed by atoms with van der Waals surface area (Å²) in [6, 6.07) is 6.52. The normalized spacial score (nSPS) is 11.0. The van der Waals surface area contributed by atoms with E-state index in [0.29, 0.717) is 5.56 Å². The Morgan fingerprint density at radius 1 is 1.14 bits per heavy atom. The van der Waals surface area contributed by atoms with Crippen molar-refractivity contribution in [1.82, 2.24) is 16.0 Å². The van der Waals surface area contributed by atoms with Crippen molar-refractivity contribution in [2.75, 3.05) is 20.1 Å². The molecule has 116 valence electrons. The Balaban J connectivity index is 2.34. The molecule has 0 fully saturated rings. The Bertz CT molecular complexity index is 486. The lowest BCUT2D eigenvalue weighted by Gasteiger charge is -2.09. The molecule has 0 aliphatic heterocycles. The number of halogens is 3. The molecule has 21 heavy (non-hydrogen) atoms. The molecule has 0 atom stereocenters. The lowest BCUT2D eigenvalue weighted by atomic mass is 10.1. The first-order valence-corrected chi connectivity index (χ1v) is 6.17. The second-order valence-corrected chi connectivity index (χ2v) is 4.27. The molecule has 0 saturated carbocycles. The molecule has 0 aliphatic carbocycles. The van der Waals surface area contributed by atoms with Crippen LogP contribution in [0, 0.1) is 0 Å². The van der Waals surface area contributed by atoms with E-state index in [2.05, 4.69) is 10.6 Å². The molecule has 0 aliphatic rings. The van der Waals surface area contributed by atoms with Gasteiger partial charge in [-0.05, 0) is 17.7 Å². The predicted molar refractivity (Wildman–Crippen MR) is 70.6 cm³/mol. The van der Waals surface area contributed by atoms with E-state index in [1.807, 2.05) is 5.32 Å². The monoisotopic (exact) mass is 303 g/mol. The average Bonchev–Trinajstić information content (AvgIpc) is 2.43. The van der Waals surface area contributed by atoms with Crippen molar-refractivity contribution >= 4 is 11.8 Å². The van der Waals surface area contributed by atoms with Crippen molar-refractivity contribution in [1.29, 1.82) is 0 Å². The fourth-order valence-electron chi connectivity index (χ4n) is 1.50. The molecule has 0 saturated heterocycles. The number of rotatable bonds is 6. The molecule has 0 radical (unpaired) electrons. The van der Waals surface area contributed by atoms with Gasteiger partial charge in [0.1, 0.15) is 0 Å². The molecular formula is C13H16F3N3O2. The quantitative estimate of drug-likeness (QED) is 0.728. The molecule has 2 amide bonds. The van der Waals surface area contributed by atoms with E-state index in [0.717, 1.165) is 5.56 Å². The predicted octanol–water partition coefficient (Wildman–Crippen LogP) is 0.814. The number of amides is 2. The molecule has 0 unspecified atom stereocenters. The third-order valence-corrected chi connectivity index (χ3v) is 2.54. The van der Waals surface area contributed by atoms with E-state index in [1.54, 1.807) is 24.3 Å². The van der Waals surface area contributed by atoms with Crippen molar-refractivity contribution in [2.45, 2.75) is 12.7 Å². The number of benzene rings is 1. The number of hydrogen-bond donors (Lipinski definition) is 3. The van der Waals surface area contributed by atoms with Gasteiger partial charge in [-0.15, -0.1) is 0 Å². The van der Waals surface area contributed by atoms with Crippen LogP contribution in [0.15, 0.2) is 24.3 Å². The second kappa shape index (κ2) is 7.63. The van der Waals surface area contributed by atoms with Crippen LogP contribution >= 0.6 is 0 Å². The highest BCUT2D eigenvalue weighted by molar-refractivity contribution is 5.93. The molecule has 0 heterocycles. The van der Waals surface area contributed by atoms with E-state index in [4.69, 9.17) is 0 Å². The van der Waals surface area contributed by atoms with E-state index in [-0.39, 0.29) is 12.5 Å². The summed E-state index contributed by atoms with van der Waals surface area (Å²) in [5, 5.41) is 6.96. The Morgan fingerprint density at radius 2 is 1.76 bits per heavy atom. The van der Waals surface area contributed by atoms with Crippen LogP contribution in [0.1, 0.15) is 15.9 Å². The first-order chi connectivity index (χ1) is 9.81. The summed E-state index contributed by atoms with van der Waals surface area (Å²) in [6.07, 6.45) is -4.34. The summed E-state index contributed by atoms with van der Waals surface area (Å²) >= 11 is 0. The van der Waals surface area contributed by atoms with Crippen molar-refractivity contribution in [3.8, 4) is 0 Å². The molecule has 1 aromatic rings.